The van der Waals surface area contributed by atoms with Gasteiger partial charge in [0.25, 0.3) is 0 Å². The Labute approximate surface area is 153 Å². The Bertz CT molecular complexity index is 1090. The van der Waals surface area contributed by atoms with E-state index in [0.29, 0.717) is 13.0 Å². The number of likely N-dealkylation sites (N-methyl/N-ethyl adjacent to an activating group) is 1. The van der Waals surface area contributed by atoms with Crippen molar-refractivity contribution in [3.8, 4) is 0 Å². The molecule has 4 aromatic rings. The summed E-state index contributed by atoms with van der Waals surface area (Å²) in [7, 11) is 3.91. The molecule has 0 radical (unpaired) electrons. The molecule has 1 amide bonds. The second kappa shape index (κ2) is 6.68. The SMILES string of the molecule is CN(Cc1cccc2ccccc12)C(=O)Cc1cn(C)c2ccccc12. The lowest BCUT2D eigenvalue weighted by Gasteiger charge is -2.18. The Hall–Kier alpha value is -3.07. The number of amides is 1. The first-order chi connectivity index (χ1) is 12.6. The third kappa shape index (κ3) is 2.97. The molecule has 0 unspecified atom stereocenters. The second-order valence-electron chi connectivity index (χ2n) is 6.85. The van der Waals surface area contributed by atoms with E-state index in [2.05, 4.69) is 53.2 Å². The van der Waals surface area contributed by atoms with Gasteiger partial charge in [0, 0.05) is 37.7 Å². The van der Waals surface area contributed by atoms with Crippen molar-refractivity contribution < 1.29 is 4.79 Å². The minimum Gasteiger partial charge on any atom is -0.350 e. The minimum atomic E-state index is 0.134. The molecular weight excluding hydrogens is 320 g/mol. The van der Waals surface area contributed by atoms with Crippen molar-refractivity contribution in [2.75, 3.05) is 7.05 Å². The first-order valence-corrected chi connectivity index (χ1v) is 8.87. The maximum Gasteiger partial charge on any atom is 0.227 e. The van der Waals surface area contributed by atoms with Crippen LogP contribution in [0.3, 0.4) is 0 Å². The van der Waals surface area contributed by atoms with Crippen molar-refractivity contribution in [2.24, 2.45) is 7.05 Å². The van der Waals surface area contributed by atoms with Crippen LogP contribution in [-0.2, 0) is 24.8 Å². The van der Waals surface area contributed by atoms with Gasteiger partial charge in [-0.2, -0.15) is 0 Å². The number of carbonyl (C=O) groups is 1. The molecule has 0 saturated heterocycles. The molecule has 3 nitrogen and oxygen atoms in total. The molecule has 0 aliphatic heterocycles. The Morgan fingerprint density at radius 2 is 1.58 bits per heavy atom. The van der Waals surface area contributed by atoms with Gasteiger partial charge in [-0.25, -0.2) is 0 Å². The monoisotopic (exact) mass is 342 g/mol. The van der Waals surface area contributed by atoms with Gasteiger partial charge in [-0.15, -0.1) is 0 Å². The van der Waals surface area contributed by atoms with E-state index in [0.717, 1.165) is 16.5 Å². The fraction of sp³-hybridized carbons (Fsp3) is 0.174. The zero-order chi connectivity index (χ0) is 18.1. The quantitative estimate of drug-likeness (QED) is 0.535. The molecule has 0 atom stereocenters. The summed E-state index contributed by atoms with van der Waals surface area (Å²) in [4.78, 5) is 14.6. The number of nitrogens with zero attached hydrogens (tertiary/aromatic N) is 2. The number of para-hydroxylation sites is 1. The Balaban J connectivity index is 1.56. The molecule has 130 valence electrons. The number of aryl methyl sites for hydroxylation is 1. The predicted molar refractivity (Wildman–Crippen MR) is 107 cm³/mol. The lowest BCUT2D eigenvalue weighted by atomic mass is 10.0. The maximum absolute atomic E-state index is 12.8. The number of rotatable bonds is 4. The van der Waals surface area contributed by atoms with Crippen molar-refractivity contribution in [3.63, 3.8) is 0 Å². The van der Waals surface area contributed by atoms with E-state index >= 15 is 0 Å². The molecule has 26 heavy (non-hydrogen) atoms. The molecule has 0 spiro atoms. The van der Waals surface area contributed by atoms with Crippen LogP contribution in [0.4, 0.5) is 0 Å². The fourth-order valence-electron chi connectivity index (χ4n) is 3.64. The van der Waals surface area contributed by atoms with E-state index in [1.165, 1.54) is 16.3 Å². The molecule has 0 aliphatic carbocycles. The minimum absolute atomic E-state index is 0.134. The Kier molecular flexibility index (Phi) is 4.21. The maximum atomic E-state index is 12.8. The molecule has 3 heteroatoms. The van der Waals surface area contributed by atoms with Crippen LogP contribution in [0.25, 0.3) is 21.7 Å². The van der Waals surface area contributed by atoms with Gasteiger partial charge in [-0.3, -0.25) is 4.79 Å². The normalized spacial score (nSPS) is 11.2. The highest BCUT2D eigenvalue weighted by Gasteiger charge is 2.15. The number of hydrogen-bond donors (Lipinski definition) is 0. The first-order valence-electron chi connectivity index (χ1n) is 8.87. The van der Waals surface area contributed by atoms with E-state index in [1.54, 1.807) is 0 Å². The molecular formula is C23H22N2O. The topological polar surface area (TPSA) is 25.2 Å². The lowest BCUT2D eigenvalue weighted by Crippen LogP contribution is -2.27. The average molecular weight is 342 g/mol. The zero-order valence-electron chi connectivity index (χ0n) is 15.1. The van der Waals surface area contributed by atoms with E-state index in [-0.39, 0.29) is 5.91 Å². The zero-order valence-corrected chi connectivity index (χ0v) is 15.1. The molecule has 1 heterocycles. The average Bonchev–Trinajstić information content (AvgIpc) is 2.98. The number of hydrogen-bond acceptors (Lipinski definition) is 1. The van der Waals surface area contributed by atoms with Crippen molar-refractivity contribution >= 4 is 27.6 Å². The smallest absolute Gasteiger partial charge is 0.227 e. The summed E-state index contributed by atoms with van der Waals surface area (Å²) >= 11 is 0. The van der Waals surface area contributed by atoms with Gasteiger partial charge in [0.2, 0.25) is 5.91 Å². The summed E-state index contributed by atoms with van der Waals surface area (Å²) in [6.45, 7) is 0.616. The van der Waals surface area contributed by atoms with E-state index in [4.69, 9.17) is 0 Å². The highest BCUT2D eigenvalue weighted by atomic mass is 16.2. The predicted octanol–water partition coefficient (Wildman–Crippen LogP) is 4.53. The van der Waals surface area contributed by atoms with Crippen LogP contribution in [0.15, 0.2) is 72.9 Å². The summed E-state index contributed by atoms with van der Waals surface area (Å²) in [6.07, 6.45) is 2.48. The van der Waals surface area contributed by atoms with Crippen LogP contribution in [0.2, 0.25) is 0 Å². The summed E-state index contributed by atoms with van der Waals surface area (Å²) < 4.78 is 2.09. The third-order valence-electron chi connectivity index (χ3n) is 5.03. The van der Waals surface area contributed by atoms with Gasteiger partial charge in [0.1, 0.15) is 0 Å². The van der Waals surface area contributed by atoms with Crippen LogP contribution in [0.1, 0.15) is 11.1 Å². The molecule has 0 N–H and O–H groups in total. The standard InChI is InChI=1S/C23H22N2O/c1-24-16-19(21-12-5-6-13-22(21)24)14-23(26)25(2)15-18-10-7-9-17-8-3-4-11-20(17)18/h3-13,16H,14-15H2,1-2H3. The number of carbonyl (C=O) groups excluding carboxylic acids is 1. The van der Waals surface area contributed by atoms with Gasteiger partial charge in [-0.05, 0) is 28.0 Å². The third-order valence-corrected chi connectivity index (χ3v) is 5.03. The summed E-state index contributed by atoms with van der Waals surface area (Å²) in [5, 5.41) is 3.57. The number of fused-ring (bicyclic) bond motifs is 2. The van der Waals surface area contributed by atoms with E-state index in [1.807, 2.05) is 43.3 Å². The van der Waals surface area contributed by atoms with Crippen LogP contribution in [-0.4, -0.2) is 22.4 Å². The molecule has 0 aliphatic rings. The first kappa shape index (κ1) is 16.4. The van der Waals surface area contributed by atoms with Gasteiger partial charge >= 0.3 is 0 Å². The molecule has 3 aromatic carbocycles. The lowest BCUT2D eigenvalue weighted by molar-refractivity contribution is -0.129. The van der Waals surface area contributed by atoms with E-state index in [9.17, 15) is 4.79 Å². The van der Waals surface area contributed by atoms with Crippen molar-refractivity contribution in [1.82, 2.24) is 9.47 Å². The summed E-state index contributed by atoms with van der Waals surface area (Å²) in [5.74, 6) is 0.134. The molecule has 0 fully saturated rings. The Morgan fingerprint density at radius 1 is 0.885 bits per heavy atom. The van der Waals surface area contributed by atoms with Crippen LogP contribution >= 0.6 is 0 Å². The summed E-state index contributed by atoms with van der Waals surface area (Å²) in [5.41, 5.74) is 3.42. The fourth-order valence-corrected chi connectivity index (χ4v) is 3.64. The second-order valence-corrected chi connectivity index (χ2v) is 6.85. The highest BCUT2D eigenvalue weighted by molar-refractivity contribution is 5.90. The molecule has 1 aromatic heterocycles. The van der Waals surface area contributed by atoms with Crippen molar-refractivity contribution in [2.45, 2.75) is 13.0 Å². The molecule has 0 saturated carbocycles. The highest BCUT2D eigenvalue weighted by Crippen LogP contribution is 2.22. The number of aromatic nitrogens is 1. The molecule has 0 bridgehead atoms. The van der Waals surface area contributed by atoms with Gasteiger partial charge in [-0.1, -0.05) is 60.7 Å². The van der Waals surface area contributed by atoms with Crippen LogP contribution in [0, 0.1) is 0 Å². The van der Waals surface area contributed by atoms with Gasteiger partial charge < -0.3 is 9.47 Å². The summed E-state index contributed by atoms with van der Waals surface area (Å²) in [6, 6.07) is 22.8. The van der Waals surface area contributed by atoms with E-state index < -0.39 is 0 Å². The number of benzene rings is 3. The molecule has 4 rings (SSSR count). The van der Waals surface area contributed by atoms with Crippen molar-refractivity contribution in [1.29, 1.82) is 0 Å². The van der Waals surface area contributed by atoms with Crippen LogP contribution < -0.4 is 0 Å². The van der Waals surface area contributed by atoms with Gasteiger partial charge in [0.15, 0.2) is 0 Å². The Morgan fingerprint density at radius 3 is 2.42 bits per heavy atom. The van der Waals surface area contributed by atoms with Crippen LogP contribution in [0.5, 0.6) is 0 Å². The van der Waals surface area contributed by atoms with Gasteiger partial charge in [0.05, 0.1) is 6.42 Å². The van der Waals surface area contributed by atoms with Crippen molar-refractivity contribution in [3.05, 3.63) is 84.1 Å². The largest absolute Gasteiger partial charge is 0.350 e.